The first-order chi connectivity index (χ1) is 11.7. The van der Waals surface area contributed by atoms with Crippen molar-refractivity contribution in [2.45, 2.75) is 4.90 Å². The van der Waals surface area contributed by atoms with Crippen LogP contribution in [0, 0.1) is 0 Å². The van der Waals surface area contributed by atoms with Crippen LogP contribution in [0.2, 0.25) is 0 Å². The van der Waals surface area contributed by atoms with Crippen LogP contribution in [0.1, 0.15) is 0 Å². The quantitative estimate of drug-likeness (QED) is 0.822. The number of thiol groups is 1. The SMILES string of the molecule is O=C(O)N1CCN(c2nccc3ccc([SH]4C=CC=C4)cc23)CC1. The zero-order chi connectivity index (χ0) is 16.5. The average Bonchev–Trinajstić information content (AvgIpc) is 3.15. The third kappa shape index (κ3) is 2.73. The first-order valence-corrected chi connectivity index (χ1v) is 9.45. The maximum absolute atomic E-state index is 11.1. The predicted molar refractivity (Wildman–Crippen MR) is 99.1 cm³/mol. The largest absolute Gasteiger partial charge is 0.465 e. The Balaban J connectivity index is 1.67. The van der Waals surface area contributed by atoms with Gasteiger partial charge in [0, 0.05) is 37.8 Å². The highest BCUT2D eigenvalue weighted by atomic mass is 32.2. The first-order valence-electron chi connectivity index (χ1n) is 7.97. The van der Waals surface area contributed by atoms with Crippen LogP contribution in [0.3, 0.4) is 0 Å². The fourth-order valence-corrected chi connectivity index (χ4v) is 4.71. The van der Waals surface area contributed by atoms with E-state index in [1.165, 1.54) is 15.2 Å². The minimum atomic E-state index is -0.842. The normalized spacial score (nSPS) is 18.6. The van der Waals surface area contributed by atoms with Gasteiger partial charge in [0.25, 0.3) is 0 Å². The van der Waals surface area contributed by atoms with Crippen LogP contribution in [0.5, 0.6) is 0 Å². The van der Waals surface area contributed by atoms with Crippen molar-refractivity contribution in [3.05, 3.63) is 53.4 Å². The highest BCUT2D eigenvalue weighted by molar-refractivity contribution is 8.22. The van der Waals surface area contributed by atoms with Gasteiger partial charge in [0.2, 0.25) is 0 Å². The third-order valence-corrected chi connectivity index (χ3v) is 6.34. The van der Waals surface area contributed by atoms with E-state index in [1.807, 2.05) is 12.3 Å². The van der Waals surface area contributed by atoms with E-state index in [0.29, 0.717) is 26.2 Å². The third-order valence-electron chi connectivity index (χ3n) is 4.48. The summed E-state index contributed by atoms with van der Waals surface area (Å²) in [6.07, 6.45) is 5.20. The van der Waals surface area contributed by atoms with Gasteiger partial charge in [0.05, 0.1) is 0 Å². The van der Waals surface area contributed by atoms with Crippen molar-refractivity contribution < 1.29 is 9.90 Å². The molecular formula is C18H19N3O2S. The molecule has 3 heterocycles. The van der Waals surface area contributed by atoms with Crippen LogP contribution in [0.15, 0.2) is 58.3 Å². The van der Waals surface area contributed by atoms with Crippen molar-refractivity contribution in [2.24, 2.45) is 0 Å². The van der Waals surface area contributed by atoms with Gasteiger partial charge in [-0.3, -0.25) is 0 Å². The lowest BCUT2D eigenvalue weighted by Gasteiger charge is -2.34. The Labute approximate surface area is 143 Å². The van der Waals surface area contributed by atoms with E-state index in [4.69, 9.17) is 5.11 Å². The number of carbonyl (C=O) groups is 1. The van der Waals surface area contributed by atoms with E-state index in [9.17, 15) is 4.79 Å². The molecule has 2 aromatic rings. The van der Waals surface area contributed by atoms with Gasteiger partial charge in [-0.2, -0.15) is 10.9 Å². The summed E-state index contributed by atoms with van der Waals surface area (Å²) in [7, 11) is -0.352. The van der Waals surface area contributed by atoms with Gasteiger partial charge in [-0.1, -0.05) is 18.2 Å². The average molecular weight is 341 g/mol. The summed E-state index contributed by atoms with van der Waals surface area (Å²) in [5.41, 5.74) is 0. The molecule has 0 spiro atoms. The van der Waals surface area contributed by atoms with E-state index < -0.39 is 6.09 Å². The summed E-state index contributed by atoms with van der Waals surface area (Å²) >= 11 is 0. The van der Waals surface area contributed by atoms with E-state index in [1.54, 1.807) is 0 Å². The van der Waals surface area contributed by atoms with Crippen molar-refractivity contribution in [2.75, 3.05) is 31.1 Å². The molecule has 4 rings (SSSR count). The maximum atomic E-state index is 11.1. The van der Waals surface area contributed by atoms with Crippen LogP contribution in [-0.4, -0.2) is 47.3 Å². The summed E-state index contributed by atoms with van der Waals surface area (Å²) in [4.78, 5) is 20.7. The van der Waals surface area contributed by atoms with Gasteiger partial charge >= 0.3 is 6.09 Å². The minimum Gasteiger partial charge on any atom is -0.465 e. The first kappa shape index (κ1) is 15.1. The molecule has 1 amide bonds. The molecule has 0 bridgehead atoms. The number of nitrogens with zero attached hydrogens (tertiary/aromatic N) is 3. The Bertz CT molecular complexity index is 829. The van der Waals surface area contributed by atoms with Crippen molar-refractivity contribution in [1.29, 1.82) is 0 Å². The van der Waals surface area contributed by atoms with E-state index in [0.717, 1.165) is 11.2 Å². The van der Waals surface area contributed by atoms with Gasteiger partial charge in [-0.25, -0.2) is 9.78 Å². The summed E-state index contributed by atoms with van der Waals surface area (Å²) in [6.45, 7) is 2.39. The van der Waals surface area contributed by atoms with E-state index in [-0.39, 0.29) is 10.9 Å². The standard InChI is InChI=1S/C18H19N3O2S/c22-18(23)21-9-7-20(8-10-21)17-16-13-15(24-11-1-2-12-24)4-3-14(16)5-6-19-17/h1-6,11-13,24H,7-10H2,(H,22,23). The summed E-state index contributed by atoms with van der Waals surface area (Å²) in [5.74, 6) is 0.960. The fourth-order valence-electron chi connectivity index (χ4n) is 3.17. The molecule has 2 aliphatic heterocycles. The van der Waals surface area contributed by atoms with Crippen molar-refractivity contribution in [3.8, 4) is 0 Å². The molecule has 24 heavy (non-hydrogen) atoms. The van der Waals surface area contributed by atoms with Crippen molar-refractivity contribution in [1.82, 2.24) is 9.88 Å². The number of allylic oxidation sites excluding steroid dienone is 2. The lowest BCUT2D eigenvalue weighted by atomic mass is 10.1. The molecule has 6 heteroatoms. The zero-order valence-corrected chi connectivity index (χ0v) is 14.1. The number of pyridine rings is 1. The molecule has 1 N–H and O–H groups in total. The molecule has 1 aromatic carbocycles. The molecular weight excluding hydrogens is 322 g/mol. The monoisotopic (exact) mass is 341 g/mol. The number of benzene rings is 1. The molecule has 0 atom stereocenters. The Morgan fingerprint density at radius 3 is 2.54 bits per heavy atom. The fraction of sp³-hybridized carbons (Fsp3) is 0.222. The summed E-state index contributed by atoms with van der Waals surface area (Å²) < 4.78 is 0. The molecule has 0 saturated carbocycles. The summed E-state index contributed by atoms with van der Waals surface area (Å²) in [6, 6.07) is 8.63. The molecule has 5 nitrogen and oxygen atoms in total. The maximum Gasteiger partial charge on any atom is 0.407 e. The van der Waals surface area contributed by atoms with Gasteiger partial charge in [-0.05, 0) is 39.3 Å². The van der Waals surface area contributed by atoms with E-state index in [2.05, 4.69) is 51.1 Å². The molecule has 0 aliphatic carbocycles. The number of fused-ring (bicyclic) bond motifs is 1. The van der Waals surface area contributed by atoms with Crippen LogP contribution in [-0.2, 0) is 0 Å². The molecule has 0 unspecified atom stereocenters. The lowest BCUT2D eigenvalue weighted by molar-refractivity contribution is 0.142. The molecule has 0 radical (unpaired) electrons. The number of carboxylic acid groups (broad SMARTS) is 1. The van der Waals surface area contributed by atoms with Crippen LogP contribution >= 0.6 is 10.9 Å². The molecule has 1 saturated heterocycles. The Morgan fingerprint density at radius 1 is 1.08 bits per heavy atom. The highest BCUT2D eigenvalue weighted by Crippen LogP contribution is 2.43. The Kier molecular flexibility index (Phi) is 3.90. The number of hydrogen-bond acceptors (Lipinski definition) is 3. The second kappa shape index (κ2) is 6.20. The number of rotatable bonds is 2. The zero-order valence-electron chi connectivity index (χ0n) is 13.2. The molecule has 124 valence electrons. The van der Waals surface area contributed by atoms with Crippen LogP contribution in [0.25, 0.3) is 10.8 Å². The van der Waals surface area contributed by atoms with Crippen molar-refractivity contribution >= 4 is 33.6 Å². The van der Waals surface area contributed by atoms with Crippen LogP contribution in [0.4, 0.5) is 10.6 Å². The Morgan fingerprint density at radius 2 is 1.83 bits per heavy atom. The van der Waals surface area contributed by atoms with Crippen molar-refractivity contribution in [3.63, 3.8) is 0 Å². The number of hydrogen-bond donors (Lipinski definition) is 2. The molecule has 1 aromatic heterocycles. The molecule has 1 fully saturated rings. The van der Waals surface area contributed by atoms with E-state index >= 15 is 0 Å². The van der Waals surface area contributed by atoms with Gasteiger partial charge in [0.1, 0.15) is 5.82 Å². The smallest absolute Gasteiger partial charge is 0.407 e. The number of piperazine rings is 1. The highest BCUT2D eigenvalue weighted by Gasteiger charge is 2.22. The second-order valence-electron chi connectivity index (χ2n) is 5.89. The van der Waals surface area contributed by atoms with Gasteiger partial charge in [0.15, 0.2) is 0 Å². The topological polar surface area (TPSA) is 56.7 Å². The van der Waals surface area contributed by atoms with Gasteiger partial charge < -0.3 is 14.9 Å². The minimum absolute atomic E-state index is 0.352. The summed E-state index contributed by atoms with van der Waals surface area (Å²) in [5, 5.41) is 15.9. The predicted octanol–water partition coefficient (Wildman–Crippen LogP) is 3.44. The van der Waals surface area contributed by atoms with Gasteiger partial charge in [-0.15, -0.1) is 0 Å². The number of anilines is 1. The second-order valence-corrected chi connectivity index (χ2v) is 7.81. The lowest BCUT2D eigenvalue weighted by Crippen LogP contribution is -2.48. The number of amides is 1. The number of aromatic nitrogens is 1. The Hall–Kier alpha value is -2.47. The van der Waals surface area contributed by atoms with Crippen LogP contribution < -0.4 is 4.90 Å². The molecule has 2 aliphatic rings.